The lowest BCUT2D eigenvalue weighted by molar-refractivity contribution is 0.0942. The van der Waals surface area contributed by atoms with E-state index in [4.69, 9.17) is 4.74 Å². The minimum Gasteiger partial charge on any atom is -0.449 e. The summed E-state index contributed by atoms with van der Waals surface area (Å²) in [5.41, 5.74) is 0.0804. The number of carbonyl (C=O) groups is 1. The van der Waals surface area contributed by atoms with Crippen LogP contribution in [0.15, 0.2) is 0 Å². The van der Waals surface area contributed by atoms with Crippen LogP contribution in [0, 0.1) is 11.3 Å². The zero-order valence-corrected chi connectivity index (χ0v) is 13.0. The number of rotatable bonds is 6. The third-order valence-electron chi connectivity index (χ3n) is 3.30. The minimum absolute atomic E-state index is 0.0804. The lowest BCUT2D eigenvalue weighted by Gasteiger charge is -2.22. The van der Waals surface area contributed by atoms with Crippen molar-refractivity contribution in [3.8, 4) is 0 Å². The van der Waals surface area contributed by atoms with Gasteiger partial charge >= 0.3 is 6.09 Å². The van der Waals surface area contributed by atoms with Crippen LogP contribution in [-0.4, -0.2) is 18.7 Å². The maximum Gasteiger partial charge on any atom is 0.407 e. The highest BCUT2D eigenvalue weighted by Gasteiger charge is 2.25. The molecule has 3 heteroatoms. The highest BCUT2D eigenvalue weighted by Crippen LogP contribution is 2.33. The third-order valence-corrected chi connectivity index (χ3v) is 3.30. The van der Waals surface area contributed by atoms with Crippen molar-refractivity contribution in [1.29, 1.82) is 0 Å². The molecule has 0 heterocycles. The number of ether oxygens (including phenoxy) is 1. The van der Waals surface area contributed by atoms with E-state index in [1.165, 1.54) is 12.8 Å². The third kappa shape index (κ3) is 8.37. The summed E-state index contributed by atoms with van der Waals surface area (Å²) in [5, 5.41) is 2.89. The number of nitrogens with one attached hydrogen (secondary N) is 1. The summed E-state index contributed by atoms with van der Waals surface area (Å²) >= 11 is 0. The van der Waals surface area contributed by atoms with E-state index in [1.54, 1.807) is 0 Å². The van der Waals surface area contributed by atoms with Gasteiger partial charge in [0.05, 0.1) is 6.61 Å². The fraction of sp³-hybridized carbons (Fsp3) is 0.933. The molecule has 3 nitrogen and oxygen atoms in total. The summed E-state index contributed by atoms with van der Waals surface area (Å²) in [5.74, 6) is 0.836. The first kappa shape index (κ1) is 17.3. The lowest BCUT2D eigenvalue weighted by atomic mass is 9.92. The fourth-order valence-electron chi connectivity index (χ4n) is 1.52. The molecule has 1 N–H and O–H groups in total. The zero-order chi connectivity index (χ0) is 14.2. The molecule has 0 aromatic rings. The van der Waals surface area contributed by atoms with Crippen LogP contribution >= 0.6 is 0 Å². The van der Waals surface area contributed by atoms with Gasteiger partial charge in [-0.05, 0) is 31.1 Å². The van der Waals surface area contributed by atoms with Gasteiger partial charge in [0.1, 0.15) is 0 Å². The Morgan fingerprint density at radius 1 is 1.39 bits per heavy atom. The van der Waals surface area contributed by atoms with Gasteiger partial charge in [0.25, 0.3) is 0 Å². The average molecular weight is 257 g/mol. The summed E-state index contributed by atoms with van der Waals surface area (Å²) in [4.78, 5) is 11.5. The Morgan fingerprint density at radius 3 is 2.39 bits per heavy atom. The van der Waals surface area contributed by atoms with Crippen LogP contribution in [0.25, 0.3) is 0 Å². The van der Waals surface area contributed by atoms with E-state index in [2.05, 4.69) is 26.1 Å². The van der Waals surface area contributed by atoms with Crippen LogP contribution in [0.4, 0.5) is 4.79 Å². The van der Waals surface area contributed by atoms with E-state index in [1.807, 2.05) is 20.8 Å². The molecule has 1 atom stereocenters. The maximum atomic E-state index is 11.5. The summed E-state index contributed by atoms with van der Waals surface area (Å²) in [7, 11) is 0. The van der Waals surface area contributed by atoms with Crippen molar-refractivity contribution >= 4 is 6.09 Å². The largest absolute Gasteiger partial charge is 0.449 e. The predicted octanol–water partition coefficient (Wildman–Crippen LogP) is 4.36. The number of hydrogen-bond donors (Lipinski definition) is 1. The molecule has 18 heavy (non-hydrogen) atoms. The molecule has 108 valence electrons. The van der Waals surface area contributed by atoms with Crippen molar-refractivity contribution in [3.05, 3.63) is 0 Å². The first-order valence-electron chi connectivity index (χ1n) is 7.36. The number of hydrogen-bond acceptors (Lipinski definition) is 2. The van der Waals surface area contributed by atoms with Gasteiger partial charge in [-0.15, -0.1) is 0 Å². The molecule has 1 amide bonds. The first-order chi connectivity index (χ1) is 8.43. The van der Waals surface area contributed by atoms with Gasteiger partial charge < -0.3 is 10.1 Å². The molecule has 1 aliphatic carbocycles. The topological polar surface area (TPSA) is 38.3 Å². The number of alkyl carbamates (subject to hydrolysis) is 1. The number of carbonyl (C=O) groups excluding carboxylic acids is 1. The second-order valence-corrected chi connectivity index (χ2v) is 5.82. The summed E-state index contributed by atoms with van der Waals surface area (Å²) < 4.78 is 5.22. The van der Waals surface area contributed by atoms with Crippen LogP contribution < -0.4 is 5.32 Å². The van der Waals surface area contributed by atoms with E-state index in [-0.39, 0.29) is 17.6 Å². The van der Waals surface area contributed by atoms with Crippen molar-refractivity contribution in [3.63, 3.8) is 0 Å². The Morgan fingerprint density at radius 2 is 1.94 bits per heavy atom. The smallest absolute Gasteiger partial charge is 0.407 e. The van der Waals surface area contributed by atoms with Gasteiger partial charge in [-0.2, -0.15) is 0 Å². The molecule has 0 aliphatic heterocycles. The van der Waals surface area contributed by atoms with Crippen LogP contribution in [-0.2, 0) is 4.74 Å². The van der Waals surface area contributed by atoms with E-state index < -0.39 is 0 Å². The molecular formula is C15H31NO2. The molecule has 1 rings (SSSR count). The average Bonchev–Trinajstić information content (AvgIpc) is 3.13. The molecule has 0 aromatic heterocycles. The highest BCUT2D eigenvalue weighted by atomic mass is 16.5. The summed E-state index contributed by atoms with van der Waals surface area (Å²) in [6.45, 7) is 12.9. The Labute approximate surface area is 113 Å². The minimum atomic E-state index is -0.269. The van der Waals surface area contributed by atoms with Crippen molar-refractivity contribution in [2.45, 2.75) is 73.3 Å². The van der Waals surface area contributed by atoms with Gasteiger partial charge in [0.15, 0.2) is 0 Å². The monoisotopic (exact) mass is 257 g/mol. The normalized spacial score (nSPS) is 16.3. The lowest BCUT2D eigenvalue weighted by Crippen LogP contribution is -2.35. The molecule has 1 saturated carbocycles. The SMILES string of the molecule is CC.CCC(C)(C)COC(=O)NC(C)CC1CC1. The van der Waals surface area contributed by atoms with Gasteiger partial charge in [0, 0.05) is 6.04 Å². The van der Waals surface area contributed by atoms with Crippen molar-refractivity contribution in [2.24, 2.45) is 11.3 Å². The van der Waals surface area contributed by atoms with Crippen LogP contribution in [0.1, 0.15) is 67.2 Å². The van der Waals surface area contributed by atoms with E-state index in [0.29, 0.717) is 6.61 Å². The van der Waals surface area contributed by atoms with E-state index in [9.17, 15) is 4.79 Å². The molecule has 0 spiro atoms. The fourth-order valence-corrected chi connectivity index (χ4v) is 1.52. The molecule has 1 fully saturated rings. The van der Waals surface area contributed by atoms with Gasteiger partial charge in [-0.25, -0.2) is 4.79 Å². The molecule has 0 aromatic carbocycles. The molecule has 1 aliphatic rings. The molecule has 0 radical (unpaired) electrons. The predicted molar refractivity (Wildman–Crippen MR) is 76.7 cm³/mol. The molecule has 0 saturated heterocycles. The van der Waals surface area contributed by atoms with Gasteiger partial charge in [-0.3, -0.25) is 0 Å². The second kappa shape index (κ2) is 8.39. The van der Waals surface area contributed by atoms with Crippen LogP contribution in [0.5, 0.6) is 0 Å². The number of amides is 1. The van der Waals surface area contributed by atoms with E-state index in [0.717, 1.165) is 18.8 Å². The summed E-state index contributed by atoms with van der Waals surface area (Å²) in [6.07, 6.45) is 4.48. The summed E-state index contributed by atoms with van der Waals surface area (Å²) in [6, 6.07) is 0.240. The Bertz CT molecular complexity index is 235. The Balaban J connectivity index is 0.00000137. The van der Waals surface area contributed by atoms with Crippen molar-refractivity contribution < 1.29 is 9.53 Å². The first-order valence-corrected chi connectivity index (χ1v) is 7.36. The molecular weight excluding hydrogens is 226 g/mol. The highest BCUT2D eigenvalue weighted by molar-refractivity contribution is 5.67. The van der Waals surface area contributed by atoms with Gasteiger partial charge in [0.2, 0.25) is 0 Å². The molecule has 0 bridgehead atoms. The van der Waals surface area contributed by atoms with E-state index >= 15 is 0 Å². The standard InChI is InChI=1S/C13H25NO2.C2H6/c1-5-13(3,4)9-16-12(15)14-10(2)8-11-6-7-11;1-2/h10-11H,5-9H2,1-4H3,(H,14,15);1-2H3. The Hall–Kier alpha value is -0.730. The van der Waals surface area contributed by atoms with Crippen LogP contribution in [0.3, 0.4) is 0 Å². The second-order valence-electron chi connectivity index (χ2n) is 5.82. The van der Waals surface area contributed by atoms with Crippen molar-refractivity contribution in [2.75, 3.05) is 6.61 Å². The Kier molecular flexibility index (Phi) is 8.05. The maximum absolute atomic E-state index is 11.5. The molecule has 1 unspecified atom stereocenters. The van der Waals surface area contributed by atoms with Crippen molar-refractivity contribution in [1.82, 2.24) is 5.32 Å². The van der Waals surface area contributed by atoms with Crippen LogP contribution in [0.2, 0.25) is 0 Å². The quantitative estimate of drug-likeness (QED) is 0.767. The zero-order valence-electron chi connectivity index (χ0n) is 13.0. The van der Waals surface area contributed by atoms with Gasteiger partial charge in [-0.1, -0.05) is 47.5 Å².